The molecule has 3 aromatic rings. The Balaban J connectivity index is 1.55. The molecule has 3 aromatic carbocycles. The second-order valence-electron chi connectivity index (χ2n) is 7.90. The number of non-ortho nitro benzene ring substituents is 1. The van der Waals surface area contributed by atoms with Gasteiger partial charge in [0.1, 0.15) is 0 Å². The molecule has 0 aromatic heterocycles. The molecule has 0 radical (unpaired) electrons. The number of carbonyl (C=O) groups excluding carboxylic acids is 3. The van der Waals surface area contributed by atoms with Crippen molar-refractivity contribution in [2.45, 2.75) is 6.92 Å². The van der Waals surface area contributed by atoms with E-state index in [0.717, 1.165) is 0 Å². The largest absolute Gasteiger partial charge is 0.493 e. The van der Waals surface area contributed by atoms with Crippen LogP contribution in [-0.2, 0) is 14.3 Å². The summed E-state index contributed by atoms with van der Waals surface area (Å²) in [6.07, 6.45) is 1.46. The summed E-state index contributed by atoms with van der Waals surface area (Å²) in [6.45, 7) is 1.26. The molecule has 12 heteroatoms. The topological polar surface area (TPSA) is 153 Å². The Kier molecular flexibility index (Phi) is 7.66. The fraction of sp³-hybridized carbons (Fsp3) is 0.111. The number of aliphatic imine (C=N–C) groups is 1. The van der Waals surface area contributed by atoms with Crippen LogP contribution in [0.25, 0.3) is 6.08 Å². The van der Waals surface area contributed by atoms with Gasteiger partial charge in [-0.15, -0.1) is 0 Å². The lowest BCUT2D eigenvalue weighted by molar-refractivity contribution is -0.384. The fourth-order valence-corrected chi connectivity index (χ4v) is 3.47. The lowest BCUT2D eigenvalue weighted by atomic mass is 10.1. The predicted octanol–water partition coefficient (Wildman–Crippen LogP) is 4.10. The zero-order chi connectivity index (χ0) is 28.1. The number of nitro benzene ring substituents is 1. The van der Waals surface area contributed by atoms with E-state index in [1.807, 2.05) is 0 Å². The molecule has 0 aliphatic carbocycles. The van der Waals surface area contributed by atoms with E-state index in [1.165, 1.54) is 75.8 Å². The van der Waals surface area contributed by atoms with Crippen LogP contribution in [0.2, 0.25) is 0 Å². The van der Waals surface area contributed by atoms with Gasteiger partial charge in [-0.1, -0.05) is 6.07 Å². The predicted molar refractivity (Wildman–Crippen MR) is 136 cm³/mol. The Morgan fingerprint density at radius 3 is 2.18 bits per heavy atom. The number of carbonyl (C=O) groups is 3. The molecule has 0 bridgehead atoms. The van der Waals surface area contributed by atoms with Gasteiger partial charge in [-0.05, 0) is 54.1 Å². The average Bonchev–Trinajstić information content (AvgIpc) is 3.29. The van der Waals surface area contributed by atoms with Crippen molar-refractivity contribution in [1.29, 1.82) is 0 Å². The average molecular weight is 532 g/mol. The lowest BCUT2D eigenvalue weighted by Gasteiger charge is -2.10. The summed E-state index contributed by atoms with van der Waals surface area (Å²) in [7, 11) is 2.78. The van der Waals surface area contributed by atoms with E-state index >= 15 is 0 Å². The number of benzene rings is 3. The van der Waals surface area contributed by atoms with Gasteiger partial charge in [0, 0.05) is 24.6 Å². The van der Waals surface area contributed by atoms with Gasteiger partial charge in [0.2, 0.25) is 5.90 Å². The molecule has 0 N–H and O–H groups in total. The Labute approximate surface area is 221 Å². The molecule has 0 saturated heterocycles. The second-order valence-corrected chi connectivity index (χ2v) is 7.90. The van der Waals surface area contributed by atoms with Crippen LogP contribution in [0.3, 0.4) is 0 Å². The third-order valence-electron chi connectivity index (χ3n) is 5.29. The number of esters is 3. The van der Waals surface area contributed by atoms with Crippen LogP contribution in [0, 0.1) is 10.1 Å². The molecule has 0 amide bonds. The SMILES string of the molecule is COc1cc(C2=N/C(=C\c3ccc(OC(=O)c4ccc([N+](=O)[O-])cc4)c(OC)c3)C(=O)O2)ccc1OC(C)=O. The highest BCUT2D eigenvalue weighted by Gasteiger charge is 2.25. The van der Waals surface area contributed by atoms with Gasteiger partial charge in [-0.3, -0.25) is 14.9 Å². The first kappa shape index (κ1) is 26.5. The lowest BCUT2D eigenvalue weighted by Crippen LogP contribution is -2.09. The van der Waals surface area contributed by atoms with Crippen LogP contribution in [-0.4, -0.2) is 42.9 Å². The molecule has 0 fully saturated rings. The third-order valence-corrected chi connectivity index (χ3v) is 5.29. The van der Waals surface area contributed by atoms with Gasteiger partial charge < -0.3 is 23.7 Å². The van der Waals surface area contributed by atoms with Crippen molar-refractivity contribution >= 4 is 35.6 Å². The van der Waals surface area contributed by atoms with Gasteiger partial charge in [0.25, 0.3) is 5.69 Å². The van der Waals surface area contributed by atoms with E-state index in [2.05, 4.69) is 4.99 Å². The summed E-state index contributed by atoms with van der Waals surface area (Å²) in [4.78, 5) is 50.7. The number of ether oxygens (including phenoxy) is 5. The number of hydrogen-bond acceptors (Lipinski definition) is 11. The van der Waals surface area contributed by atoms with Gasteiger partial charge in [-0.25, -0.2) is 14.6 Å². The highest BCUT2D eigenvalue weighted by molar-refractivity contribution is 6.13. The van der Waals surface area contributed by atoms with Crippen molar-refractivity contribution in [2.24, 2.45) is 4.99 Å². The smallest absolute Gasteiger partial charge is 0.363 e. The number of cyclic esters (lactones) is 1. The van der Waals surface area contributed by atoms with Crippen LogP contribution < -0.4 is 18.9 Å². The van der Waals surface area contributed by atoms with Crippen molar-refractivity contribution in [2.75, 3.05) is 14.2 Å². The number of methoxy groups -OCH3 is 2. The molecule has 1 aliphatic rings. The second kappa shape index (κ2) is 11.3. The maximum Gasteiger partial charge on any atom is 0.363 e. The first-order valence-corrected chi connectivity index (χ1v) is 11.2. The number of rotatable bonds is 8. The zero-order valence-corrected chi connectivity index (χ0v) is 20.8. The molecule has 0 saturated carbocycles. The van der Waals surface area contributed by atoms with Gasteiger partial charge >= 0.3 is 17.9 Å². The first-order valence-electron chi connectivity index (χ1n) is 11.2. The molecule has 12 nitrogen and oxygen atoms in total. The van der Waals surface area contributed by atoms with E-state index in [1.54, 1.807) is 12.1 Å². The first-order chi connectivity index (χ1) is 18.7. The fourth-order valence-electron chi connectivity index (χ4n) is 3.47. The normalized spacial score (nSPS) is 13.4. The van der Waals surface area contributed by atoms with Crippen LogP contribution in [0.5, 0.6) is 23.0 Å². The number of nitro groups is 1. The molecular weight excluding hydrogens is 512 g/mol. The Bertz CT molecular complexity index is 1540. The highest BCUT2D eigenvalue weighted by atomic mass is 16.6. The van der Waals surface area contributed by atoms with E-state index < -0.39 is 22.8 Å². The van der Waals surface area contributed by atoms with Crippen LogP contribution in [0.4, 0.5) is 5.69 Å². The minimum atomic E-state index is -0.738. The molecule has 198 valence electrons. The summed E-state index contributed by atoms with van der Waals surface area (Å²) < 4.78 is 26.3. The maximum absolute atomic E-state index is 12.5. The van der Waals surface area contributed by atoms with Crippen molar-refractivity contribution in [3.05, 3.63) is 93.2 Å². The number of nitrogens with zero attached hydrogens (tertiary/aromatic N) is 2. The van der Waals surface area contributed by atoms with Crippen molar-refractivity contribution in [3.63, 3.8) is 0 Å². The molecular formula is C27H20N2O10. The third kappa shape index (κ3) is 6.07. The standard InChI is InChI=1S/C27H20N2O10/c1-15(30)37-21-11-7-18(14-24(21)36-3)25-28-20(27(32)39-25)12-16-4-10-22(23(13-16)35-2)38-26(31)17-5-8-19(9-6-17)29(33)34/h4-14H,1-3H3/b20-12-. The Morgan fingerprint density at radius 1 is 0.897 bits per heavy atom. The van der Waals surface area contributed by atoms with Crippen molar-refractivity contribution in [3.8, 4) is 23.0 Å². The molecule has 1 heterocycles. The van der Waals surface area contributed by atoms with Crippen molar-refractivity contribution in [1.82, 2.24) is 0 Å². The Hall–Kier alpha value is -5.52. The minimum absolute atomic E-state index is 0.00528. The molecule has 0 spiro atoms. The van der Waals surface area contributed by atoms with E-state index in [9.17, 15) is 24.5 Å². The summed E-state index contributed by atoms with van der Waals surface area (Å²) in [6, 6.07) is 14.1. The van der Waals surface area contributed by atoms with E-state index in [-0.39, 0.29) is 45.8 Å². The van der Waals surface area contributed by atoms with Crippen molar-refractivity contribution < 1.29 is 43.0 Å². The maximum atomic E-state index is 12.5. The number of hydrogen-bond donors (Lipinski definition) is 0. The summed E-state index contributed by atoms with van der Waals surface area (Å²) in [5.74, 6) is -1.17. The van der Waals surface area contributed by atoms with Gasteiger partial charge in [-0.2, -0.15) is 0 Å². The quantitative estimate of drug-likeness (QED) is 0.136. The van der Waals surface area contributed by atoms with Crippen LogP contribution in [0.15, 0.2) is 71.4 Å². The molecule has 1 aliphatic heterocycles. The van der Waals surface area contributed by atoms with Gasteiger partial charge in [0.05, 0.1) is 24.7 Å². The highest BCUT2D eigenvalue weighted by Crippen LogP contribution is 2.32. The van der Waals surface area contributed by atoms with E-state index in [0.29, 0.717) is 11.1 Å². The molecule has 0 unspecified atom stereocenters. The summed E-state index contributed by atoms with van der Waals surface area (Å²) >= 11 is 0. The van der Waals surface area contributed by atoms with E-state index in [4.69, 9.17) is 23.7 Å². The Morgan fingerprint density at radius 2 is 1.54 bits per heavy atom. The van der Waals surface area contributed by atoms with Crippen LogP contribution >= 0.6 is 0 Å². The van der Waals surface area contributed by atoms with Crippen LogP contribution in [0.1, 0.15) is 28.4 Å². The zero-order valence-electron chi connectivity index (χ0n) is 20.8. The molecule has 0 atom stereocenters. The monoisotopic (exact) mass is 532 g/mol. The molecule has 4 rings (SSSR count). The summed E-state index contributed by atoms with van der Waals surface area (Å²) in [5.41, 5.74) is 0.885. The minimum Gasteiger partial charge on any atom is -0.493 e. The van der Waals surface area contributed by atoms with Gasteiger partial charge in [0.15, 0.2) is 28.7 Å². The summed E-state index contributed by atoms with van der Waals surface area (Å²) in [5, 5.41) is 10.8. The molecule has 39 heavy (non-hydrogen) atoms.